The van der Waals surface area contributed by atoms with Gasteiger partial charge in [0.15, 0.2) is 0 Å². The summed E-state index contributed by atoms with van der Waals surface area (Å²) in [5, 5.41) is 9.09. The Hall–Kier alpha value is -6.04. The molecule has 5 heteroatoms. The van der Waals surface area contributed by atoms with Crippen LogP contribution in [0.3, 0.4) is 0 Å². The Bertz CT molecular complexity index is 3720. The van der Waals surface area contributed by atoms with E-state index in [1.54, 1.807) is 0 Å². The third-order valence-electron chi connectivity index (χ3n) is 17.8. The number of nitrogens with zero attached hydrogens (tertiary/aromatic N) is 1. The molecule has 3 heterocycles. The van der Waals surface area contributed by atoms with Crippen molar-refractivity contribution in [3.05, 3.63) is 161 Å². The summed E-state index contributed by atoms with van der Waals surface area (Å²) in [6.45, 7) is 33.5. The van der Waals surface area contributed by atoms with Gasteiger partial charge in [0.2, 0.25) is 7.28 Å². The molecule has 370 valence electrons. The number of benzene rings is 7. The van der Waals surface area contributed by atoms with Gasteiger partial charge in [-0.05, 0) is 168 Å². The van der Waals surface area contributed by atoms with Crippen molar-refractivity contribution in [3.63, 3.8) is 0 Å². The molecule has 12 rings (SSSR count). The second-order valence-corrected chi connectivity index (χ2v) is 27.8. The van der Waals surface area contributed by atoms with Gasteiger partial charge in [-0.3, -0.25) is 0 Å². The fourth-order valence-electron chi connectivity index (χ4n) is 12.8. The molecule has 0 bridgehead atoms. The lowest BCUT2D eigenvalue weighted by Crippen LogP contribution is -2.40. The minimum absolute atomic E-state index is 0.0367. The van der Waals surface area contributed by atoms with E-state index in [2.05, 4.69) is 235 Å². The van der Waals surface area contributed by atoms with Crippen molar-refractivity contribution in [2.45, 2.75) is 155 Å². The first-order valence-electron chi connectivity index (χ1n) is 27.0. The summed E-state index contributed by atoms with van der Waals surface area (Å²) in [4.78, 5) is 2.66. The van der Waals surface area contributed by atoms with Gasteiger partial charge in [-0.1, -0.05) is 170 Å². The largest absolute Gasteiger partial charge is 0.455 e. The molecule has 0 fully saturated rings. The SMILES string of the molecule is CC(C)(C)c1ccc(-c2c3c(cc4c2oc2ccccc24)N(c2ccc(C(C)(C)C)cc2-c2ccccc2)c2sc4cc5c(cc4c2B3)C(C)(C)CCC5(C)C)c(Nc2ccc3c(c2)C(C)(C)CCC3(C)C)c1. The van der Waals surface area contributed by atoms with E-state index >= 15 is 0 Å². The molecule has 2 aliphatic carbocycles. The molecule has 1 N–H and O–H groups in total. The van der Waals surface area contributed by atoms with Gasteiger partial charge in [-0.2, -0.15) is 0 Å². The van der Waals surface area contributed by atoms with E-state index in [4.69, 9.17) is 4.42 Å². The Morgan fingerprint density at radius 1 is 0.521 bits per heavy atom. The Kier molecular flexibility index (Phi) is 10.7. The number of hydrogen-bond acceptors (Lipinski definition) is 4. The van der Waals surface area contributed by atoms with Gasteiger partial charge in [0.1, 0.15) is 11.2 Å². The average Bonchev–Trinajstić information content (AvgIpc) is 3.90. The Labute approximate surface area is 439 Å². The van der Waals surface area contributed by atoms with Gasteiger partial charge in [0.05, 0.1) is 10.7 Å². The Morgan fingerprint density at radius 2 is 1.12 bits per heavy atom. The highest BCUT2D eigenvalue weighted by molar-refractivity contribution is 7.25. The van der Waals surface area contributed by atoms with Gasteiger partial charge in [-0.25, -0.2) is 0 Å². The average molecular weight is 977 g/mol. The third kappa shape index (κ3) is 7.80. The highest BCUT2D eigenvalue weighted by atomic mass is 32.1. The fraction of sp³-hybridized carbons (Fsp3) is 0.353. The summed E-state index contributed by atoms with van der Waals surface area (Å²) in [5.41, 5.74) is 22.7. The van der Waals surface area contributed by atoms with E-state index in [1.165, 1.54) is 108 Å². The van der Waals surface area contributed by atoms with Crippen LogP contribution in [0.4, 0.5) is 27.8 Å². The van der Waals surface area contributed by atoms with E-state index in [0.717, 1.165) is 51.7 Å². The molecule has 73 heavy (non-hydrogen) atoms. The van der Waals surface area contributed by atoms with Crippen molar-refractivity contribution in [1.82, 2.24) is 0 Å². The van der Waals surface area contributed by atoms with Crippen LogP contribution in [0.15, 0.2) is 132 Å². The Morgan fingerprint density at radius 3 is 1.81 bits per heavy atom. The molecule has 7 aromatic carbocycles. The quantitative estimate of drug-likeness (QED) is 0.174. The topological polar surface area (TPSA) is 28.4 Å². The second kappa shape index (κ2) is 16.2. The smallest absolute Gasteiger partial charge is 0.200 e. The molecule has 1 aliphatic heterocycles. The predicted octanol–water partition coefficient (Wildman–Crippen LogP) is 18.3. The van der Waals surface area contributed by atoms with E-state index in [0.29, 0.717) is 0 Å². The number of furan rings is 1. The summed E-state index contributed by atoms with van der Waals surface area (Å²) in [5.74, 6) is 0. The molecule has 0 spiro atoms. The zero-order valence-corrected chi connectivity index (χ0v) is 46.7. The first-order valence-corrected chi connectivity index (χ1v) is 27.9. The van der Waals surface area contributed by atoms with Crippen LogP contribution in [-0.2, 0) is 32.5 Å². The number of anilines is 5. The minimum Gasteiger partial charge on any atom is -0.455 e. The summed E-state index contributed by atoms with van der Waals surface area (Å²) in [6, 6.07) is 49.1. The van der Waals surface area contributed by atoms with Gasteiger partial charge < -0.3 is 14.6 Å². The second-order valence-electron chi connectivity index (χ2n) is 26.8. The lowest BCUT2D eigenvalue weighted by molar-refractivity contribution is 0.332. The third-order valence-corrected chi connectivity index (χ3v) is 18.9. The highest BCUT2D eigenvalue weighted by Crippen LogP contribution is 2.54. The molecule has 0 radical (unpaired) electrons. The van der Waals surface area contributed by atoms with E-state index in [-0.39, 0.29) is 32.5 Å². The van der Waals surface area contributed by atoms with Crippen LogP contribution in [-0.4, -0.2) is 7.28 Å². The van der Waals surface area contributed by atoms with Gasteiger partial charge >= 0.3 is 0 Å². The molecule has 0 atom stereocenters. The molecule has 3 nitrogen and oxygen atoms in total. The molecule has 0 unspecified atom stereocenters. The zero-order chi connectivity index (χ0) is 51.4. The van der Waals surface area contributed by atoms with Crippen LogP contribution in [0.1, 0.15) is 156 Å². The van der Waals surface area contributed by atoms with Crippen molar-refractivity contribution in [2.24, 2.45) is 0 Å². The first kappa shape index (κ1) is 47.9. The molecule has 0 saturated carbocycles. The monoisotopic (exact) mass is 977 g/mol. The maximum atomic E-state index is 7.26. The predicted molar refractivity (Wildman–Crippen MR) is 319 cm³/mol. The van der Waals surface area contributed by atoms with Crippen molar-refractivity contribution >= 4 is 89.3 Å². The molecular weight excluding hydrogens is 904 g/mol. The van der Waals surface area contributed by atoms with Gasteiger partial charge in [0, 0.05) is 49.2 Å². The van der Waals surface area contributed by atoms with Crippen LogP contribution < -0.4 is 21.1 Å². The van der Waals surface area contributed by atoms with Crippen molar-refractivity contribution in [3.8, 4) is 22.3 Å². The normalized spacial score (nSPS) is 17.5. The molecule has 3 aliphatic rings. The zero-order valence-electron chi connectivity index (χ0n) is 45.9. The van der Waals surface area contributed by atoms with Crippen molar-refractivity contribution < 1.29 is 4.42 Å². The lowest BCUT2D eigenvalue weighted by atomic mass is 9.57. The summed E-state index contributed by atoms with van der Waals surface area (Å²) in [7, 11) is 0.773. The number of hydrogen-bond donors (Lipinski definition) is 1. The molecular formula is C68H73BN2OS. The molecule has 9 aromatic rings. The number of nitrogens with one attached hydrogen (secondary N) is 1. The standard InChI is InChI=1S/C68H73BN2OS/c1-63(2,3)41-25-29-54(46(34-41)40-20-16-15-17-21-40)71-55-38-47-44-22-18-19-23-56(44)72-61(47)58(60(55)69-59-48-37-51-52(39-57(48)73-62(59)71)68(13,14)33-32-67(51,11)12)45-27-24-42(64(4,5)6)35-53(45)70-43-26-28-49-50(36-43)66(9,10)31-30-65(49,7)8/h15-29,34-39,69-70H,30-33H2,1-14H3. The highest BCUT2D eigenvalue weighted by Gasteiger charge is 2.41. The lowest BCUT2D eigenvalue weighted by Gasteiger charge is -2.42. The van der Waals surface area contributed by atoms with Crippen LogP contribution in [0, 0.1) is 0 Å². The van der Waals surface area contributed by atoms with E-state index in [9.17, 15) is 0 Å². The van der Waals surface area contributed by atoms with Crippen LogP contribution in [0.5, 0.6) is 0 Å². The molecule has 2 aromatic heterocycles. The number of fused-ring (bicyclic) bond motifs is 9. The van der Waals surface area contributed by atoms with Crippen LogP contribution >= 0.6 is 11.3 Å². The first-order chi connectivity index (χ1) is 34.4. The number of rotatable bonds is 5. The summed E-state index contributed by atoms with van der Waals surface area (Å²) < 4.78 is 8.62. The Balaban J connectivity index is 1.19. The minimum atomic E-state index is -0.0720. The fourth-order valence-corrected chi connectivity index (χ4v) is 14.1. The van der Waals surface area contributed by atoms with Gasteiger partial charge in [-0.15, -0.1) is 11.3 Å². The summed E-state index contributed by atoms with van der Waals surface area (Å²) in [6.07, 6.45) is 4.71. The van der Waals surface area contributed by atoms with Gasteiger partial charge in [0.25, 0.3) is 0 Å². The van der Waals surface area contributed by atoms with E-state index in [1.807, 2.05) is 11.3 Å². The number of thiophene rings is 1. The maximum absolute atomic E-state index is 7.26. The molecule has 0 amide bonds. The maximum Gasteiger partial charge on any atom is 0.200 e. The summed E-state index contributed by atoms with van der Waals surface area (Å²) >= 11 is 1.98. The number of para-hydroxylation sites is 1. The van der Waals surface area contributed by atoms with Crippen LogP contribution in [0.2, 0.25) is 0 Å². The molecule has 0 saturated heterocycles. The van der Waals surface area contributed by atoms with Crippen molar-refractivity contribution in [2.75, 3.05) is 10.2 Å². The van der Waals surface area contributed by atoms with Crippen LogP contribution in [0.25, 0.3) is 54.3 Å². The van der Waals surface area contributed by atoms with E-state index < -0.39 is 0 Å². The van der Waals surface area contributed by atoms with Crippen molar-refractivity contribution in [1.29, 1.82) is 0 Å².